The van der Waals surface area contributed by atoms with Gasteiger partial charge >= 0.3 is 0 Å². The minimum atomic E-state index is 0. The Kier molecular flexibility index (Phi) is 8.34. The van der Waals surface area contributed by atoms with Gasteiger partial charge in [-0.05, 0) is 37.8 Å². The number of nitrogens with one attached hydrogen (secondary N) is 1. The van der Waals surface area contributed by atoms with Crippen molar-refractivity contribution in [3.05, 3.63) is 23.9 Å². The summed E-state index contributed by atoms with van der Waals surface area (Å²) in [6, 6.07) is 3.87. The highest BCUT2D eigenvalue weighted by atomic mass is 35.5. The second kappa shape index (κ2) is 10.3. The largest absolute Gasteiger partial charge is 0.356 e. The molecule has 9 heteroatoms. The summed E-state index contributed by atoms with van der Waals surface area (Å²) < 4.78 is 0. The number of carbonyl (C=O) groups excluding carboxylic acids is 2. The van der Waals surface area contributed by atoms with Crippen LogP contribution >= 0.6 is 24.8 Å². The summed E-state index contributed by atoms with van der Waals surface area (Å²) >= 11 is 0. The van der Waals surface area contributed by atoms with Gasteiger partial charge in [0.15, 0.2) is 0 Å². The first-order valence-electron chi connectivity index (χ1n) is 9.73. The summed E-state index contributed by atoms with van der Waals surface area (Å²) in [4.78, 5) is 36.0. The molecular weight excluding hydrogens is 401 g/mol. The molecule has 0 aromatic carbocycles. The first-order chi connectivity index (χ1) is 12.7. The monoisotopic (exact) mass is 429 g/mol. The van der Waals surface area contributed by atoms with Crippen LogP contribution in [0.4, 0.5) is 5.82 Å². The molecule has 4 heterocycles. The van der Waals surface area contributed by atoms with E-state index in [0.29, 0.717) is 18.7 Å². The highest BCUT2D eigenvalue weighted by Crippen LogP contribution is 2.25. The third-order valence-corrected chi connectivity index (χ3v) is 5.67. The molecular formula is C19H29Cl2N5O2. The molecule has 1 aromatic rings. The number of hydrogen-bond acceptors (Lipinski definition) is 5. The molecule has 0 saturated carbocycles. The van der Waals surface area contributed by atoms with Crippen LogP contribution in [-0.2, 0) is 4.79 Å². The van der Waals surface area contributed by atoms with Gasteiger partial charge in [-0.1, -0.05) is 0 Å². The summed E-state index contributed by atoms with van der Waals surface area (Å²) in [5.41, 5.74) is 0.696. The number of piperazine rings is 1. The van der Waals surface area contributed by atoms with E-state index in [1.54, 1.807) is 6.20 Å². The third-order valence-electron chi connectivity index (χ3n) is 5.67. The standard InChI is InChI=1S/C19H27N5O2.2ClH/c25-17-13-20-8-12-24(17)15-5-4-11-23(14-15)19(26)16-6-3-7-21-18(16)22-9-1-2-10-22;;/h3,6-7,15,20H,1-2,4-5,8-14H2;2*1H. The fourth-order valence-electron chi connectivity index (χ4n) is 4.32. The molecule has 0 spiro atoms. The van der Waals surface area contributed by atoms with Gasteiger partial charge < -0.3 is 20.0 Å². The molecule has 7 nitrogen and oxygen atoms in total. The Labute approximate surface area is 178 Å². The van der Waals surface area contributed by atoms with Gasteiger partial charge in [0.25, 0.3) is 5.91 Å². The Morgan fingerprint density at radius 1 is 1.11 bits per heavy atom. The molecule has 4 rings (SSSR count). The van der Waals surface area contributed by atoms with Gasteiger partial charge in [-0.25, -0.2) is 4.98 Å². The Morgan fingerprint density at radius 2 is 1.89 bits per heavy atom. The average Bonchev–Trinajstić information content (AvgIpc) is 3.22. The van der Waals surface area contributed by atoms with Crippen molar-refractivity contribution in [2.75, 3.05) is 50.7 Å². The van der Waals surface area contributed by atoms with Gasteiger partial charge in [-0.2, -0.15) is 0 Å². The predicted octanol–water partition coefficient (Wildman–Crippen LogP) is 1.56. The molecule has 3 aliphatic heterocycles. The van der Waals surface area contributed by atoms with Crippen molar-refractivity contribution >= 4 is 42.4 Å². The lowest BCUT2D eigenvalue weighted by molar-refractivity contribution is -0.135. The van der Waals surface area contributed by atoms with E-state index in [-0.39, 0.29) is 42.7 Å². The van der Waals surface area contributed by atoms with E-state index < -0.39 is 0 Å². The number of anilines is 1. The third kappa shape index (κ3) is 4.70. The highest BCUT2D eigenvalue weighted by molar-refractivity contribution is 5.99. The van der Waals surface area contributed by atoms with Crippen molar-refractivity contribution in [1.82, 2.24) is 20.1 Å². The number of halogens is 2. The summed E-state index contributed by atoms with van der Waals surface area (Å²) in [6.07, 6.45) is 5.99. The minimum Gasteiger partial charge on any atom is -0.356 e. The summed E-state index contributed by atoms with van der Waals surface area (Å²) in [6.45, 7) is 5.29. The molecule has 1 aromatic heterocycles. The topological polar surface area (TPSA) is 68.8 Å². The van der Waals surface area contributed by atoms with Crippen molar-refractivity contribution in [2.45, 2.75) is 31.7 Å². The van der Waals surface area contributed by atoms with Crippen LogP contribution in [0.5, 0.6) is 0 Å². The van der Waals surface area contributed by atoms with Gasteiger partial charge in [0.05, 0.1) is 12.1 Å². The normalized spacial score (nSPS) is 22.5. The first kappa shape index (κ1) is 22.7. The number of rotatable bonds is 3. The average molecular weight is 430 g/mol. The Morgan fingerprint density at radius 3 is 2.64 bits per heavy atom. The highest BCUT2D eigenvalue weighted by Gasteiger charge is 2.33. The van der Waals surface area contributed by atoms with Crippen LogP contribution in [0.15, 0.2) is 18.3 Å². The SMILES string of the molecule is Cl.Cl.O=C(c1cccnc1N1CCCC1)N1CCCC(N2CCNCC2=O)C1. The maximum Gasteiger partial charge on any atom is 0.257 e. The van der Waals surface area contributed by atoms with Crippen LogP contribution in [0, 0.1) is 0 Å². The van der Waals surface area contributed by atoms with E-state index in [1.165, 1.54) is 0 Å². The predicted molar refractivity (Wildman–Crippen MR) is 114 cm³/mol. The van der Waals surface area contributed by atoms with Crippen LogP contribution in [0.1, 0.15) is 36.0 Å². The zero-order valence-corrected chi connectivity index (χ0v) is 17.6. The molecule has 156 valence electrons. The number of likely N-dealkylation sites (tertiary alicyclic amines) is 1. The number of hydrogen-bond donors (Lipinski definition) is 1. The fraction of sp³-hybridized carbons (Fsp3) is 0.632. The van der Waals surface area contributed by atoms with Crippen molar-refractivity contribution in [3.63, 3.8) is 0 Å². The number of piperidine rings is 1. The van der Waals surface area contributed by atoms with Crippen molar-refractivity contribution < 1.29 is 9.59 Å². The zero-order chi connectivity index (χ0) is 17.9. The van der Waals surface area contributed by atoms with Crippen molar-refractivity contribution in [3.8, 4) is 0 Å². The molecule has 28 heavy (non-hydrogen) atoms. The molecule has 0 aliphatic carbocycles. The fourth-order valence-corrected chi connectivity index (χ4v) is 4.32. The number of pyridine rings is 1. The van der Waals surface area contributed by atoms with E-state index in [1.807, 2.05) is 21.9 Å². The van der Waals surface area contributed by atoms with Gasteiger partial charge in [-0.3, -0.25) is 9.59 Å². The van der Waals surface area contributed by atoms with E-state index in [4.69, 9.17) is 0 Å². The molecule has 3 aliphatic rings. The molecule has 3 saturated heterocycles. The van der Waals surface area contributed by atoms with Crippen LogP contribution in [-0.4, -0.2) is 78.5 Å². The van der Waals surface area contributed by atoms with E-state index in [2.05, 4.69) is 15.2 Å². The Bertz CT molecular complexity index is 684. The van der Waals surface area contributed by atoms with Crippen LogP contribution in [0.25, 0.3) is 0 Å². The molecule has 3 fully saturated rings. The molecule has 0 bridgehead atoms. The number of carbonyl (C=O) groups is 2. The van der Waals surface area contributed by atoms with Crippen molar-refractivity contribution in [1.29, 1.82) is 0 Å². The molecule has 2 amide bonds. The van der Waals surface area contributed by atoms with Crippen molar-refractivity contribution in [2.24, 2.45) is 0 Å². The lowest BCUT2D eigenvalue weighted by atomic mass is 10.0. The lowest BCUT2D eigenvalue weighted by Gasteiger charge is -2.41. The molecule has 1 atom stereocenters. The van der Waals surface area contributed by atoms with Crippen LogP contribution < -0.4 is 10.2 Å². The van der Waals surface area contributed by atoms with E-state index in [0.717, 1.165) is 64.2 Å². The lowest BCUT2D eigenvalue weighted by Crippen LogP contribution is -2.57. The van der Waals surface area contributed by atoms with Gasteiger partial charge in [0, 0.05) is 51.5 Å². The smallest absolute Gasteiger partial charge is 0.257 e. The Hall–Kier alpha value is -1.57. The quantitative estimate of drug-likeness (QED) is 0.789. The van der Waals surface area contributed by atoms with Gasteiger partial charge in [-0.15, -0.1) is 24.8 Å². The summed E-state index contributed by atoms with van der Waals surface area (Å²) in [7, 11) is 0. The van der Waals surface area contributed by atoms with Gasteiger partial charge in [0.1, 0.15) is 5.82 Å². The minimum absolute atomic E-state index is 0. The summed E-state index contributed by atoms with van der Waals surface area (Å²) in [5, 5.41) is 3.12. The maximum atomic E-state index is 13.2. The Balaban J connectivity index is 0.00000140. The second-order valence-corrected chi connectivity index (χ2v) is 7.38. The summed E-state index contributed by atoms with van der Waals surface area (Å²) in [5.74, 6) is 1.01. The molecule has 0 radical (unpaired) electrons. The molecule has 1 N–H and O–H groups in total. The van der Waals surface area contributed by atoms with E-state index in [9.17, 15) is 9.59 Å². The number of amides is 2. The maximum absolute atomic E-state index is 13.2. The zero-order valence-electron chi connectivity index (χ0n) is 16.0. The number of nitrogens with zero attached hydrogens (tertiary/aromatic N) is 4. The van der Waals surface area contributed by atoms with Crippen LogP contribution in [0.2, 0.25) is 0 Å². The first-order valence-corrected chi connectivity index (χ1v) is 9.73. The number of aromatic nitrogens is 1. The van der Waals surface area contributed by atoms with Gasteiger partial charge in [0.2, 0.25) is 5.91 Å². The second-order valence-electron chi connectivity index (χ2n) is 7.38. The molecule has 1 unspecified atom stereocenters. The van der Waals surface area contributed by atoms with Crippen LogP contribution in [0.3, 0.4) is 0 Å². The van der Waals surface area contributed by atoms with E-state index >= 15 is 0 Å².